The van der Waals surface area contributed by atoms with E-state index in [1.165, 1.54) is 0 Å². The summed E-state index contributed by atoms with van der Waals surface area (Å²) >= 11 is 0. The van der Waals surface area contributed by atoms with Crippen LogP contribution in [0.3, 0.4) is 0 Å². The number of hydrogen-bond acceptors (Lipinski definition) is 4. The van der Waals surface area contributed by atoms with Gasteiger partial charge < -0.3 is 20.1 Å². The third-order valence-corrected chi connectivity index (χ3v) is 3.81. The first kappa shape index (κ1) is 13.8. The maximum atomic E-state index is 12.2. The van der Waals surface area contributed by atoms with Crippen molar-refractivity contribution in [3.63, 3.8) is 0 Å². The molecule has 18 heavy (non-hydrogen) atoms. The summed E-state index contributed by atoms with van der Waals surface area (Å²) < 4.78 is 11.1. The first-order valence-electron chi connectivity index (χ1n) is 6.89. The molecule has 2 aliphatic heterocycles. The molecule has 1 amide bonds. The van der Waals surface area contributed by atoms with Crippen LogP contribution in [-0.2, 0) is 14.3 Å². The molecule has 0 bridgehead atoms. The Balaban J connectivity index is 1.77. The van der Waals surface area contributed by atoms with Crippen LogP contribution in [0.4, 0.5) is 0 Å². The Bertz CT molecular complexity index is 279. The van der Waals surface area contributed by atoms with Crippen molar-refractivity contribution in [1.29, 1.82) is 0 Å². The molecule has 3 atom stereocenters. The molecular formula is C13H24N2O3. The zero-order valence-electron chi connectivity index (χ0n) is 11.1. The molecule has 104 valence electrons. The third kappa shape index (κ3) is 3.43. The van der Waals surface area contributed by atoms with Gasteiger partial charge in [-0.25, -0.2) is 0 Å². The molecule has 0 spiro atoms. The highest BCUT2D eigenvalue weighted by atomic mass is 16.5. The number of nitrogens with two attached hydrogens (primary N) is 1. The smallest absolute Gasteiger partial charge is 0.251 e. The highest BCUT2D eigenvalue weighted by Gasteiger charge is 2.32. The van der Waals surface area contributed by atoms with Crippen molar-refractivity contribution in [2.75, 3.05) is 33.4 Å². The molecule has 2 saturated heterocycles. The Morgan fingerprint density at radius 2 is 2.22 bits per heavy atom. The van der Waals surface area contributed by atoms with E-state index in [-0.39, 0.29) is 18.1 Å². The van der Waals surface area contributed by atoms with Crippen molar-refractivity contribution >= 4 is 5.91 Å². The lowest BCUT2D eigenvalue weighted by Gasteiger charge is -2.28. The number of nitrogens with zero attached hydrogens (tertiary/aromatic N) is 1. The number of amides is 1. The van der Waals surface area contributed by atoms with Gasteiger partial charge in [-0.15, -0.1) is 0 Å². The summed E-state index contributed by atoms with van der Waals surface area (Å²) in [6.45, 7) is 2.91. The topological polar surface area (TPSA) is 64.8 Å². The summed E-state index contributed by atoms with van der Waals surface area (Å²) in [7, 11) is 1.86. The summed E-state index contributed by atoms with van der Waals surface area (Å²) in [6.07, 6.45) is 3.72. The van der Waals surface area contributed by atoms with E-state index in [0.717, 1.165) is 45.4 Å². The van der Waals surface area contributed by atoms with Crippen molar-refractivity contribution < 1.29 is 14.3 Å². The van der Waals surface area contributed by atoms with Crippen molar-refractivity contribution in [3.05, 3.63) is 0 Å². The summed E-state index contributed by atoms with van der Waals surface area (Å²) in [5.41, 5.74) is 5.56. The summed E-state index contributed by atoms with van der Waals surface area (Å²) in [4.78, 5) is 14.0. The molecule has 2 rings (SSSR count). The van der Waals surface area contributed by atoms with E-state index in [0.29, 0.717) is 12.5 Å². The van der Waals surface area contributed by atoms with E-state index in [1.54, 1.807) is 4.90 Å². The summed E-state index contributed by atoms with van der Waals surface area (Å²) in [6, 6.07) is 0. The van der Waals surface area contributed by atoms with Crippen molar-refractivity contribution in [3.8, 4) is 0 Å². The highest BCUT2D eigenvalue weighted by molar-refractivity contribution is 5.81. The van der Waals surface area contributed by atoms with Crippen molar-refractivity contribution in [1.82, 2.24) is 4.90 Å². The molecule has 2 heterocycles. The average molecular weight is 256 g/mol. The largest absolute Gasteiger partial charge is 0.381 e. The number of carbonyl (C=O) groups excluding carboxylic acids is 1. The van der Waals surface area contributed by atoms with Gasteiger partial charge in [0, 0.05) is 26.7 Å². The normalized spacial score (nSPS) is 32.4. The summed E-state index contributed by atoms with van der Waals surface area (Å²) in [5.74, 6) is 0.566. The van der Waals surface area contributed by atoms with Crippen LogP contribution in [0.5, 0.6) is 0 Å². The zero-order valence-corrected chi connectivity index (χ0v) is 11.1. The van der Waals surface area contributed by atoms with Gasteiger partial charge in [-0.3, -0.25) is 4.79 Å². The minimum atomic E-state index is -0.284. The van der Waals surface area contributed by atoms with Gasteiger partial charge in [0.15, 0.2) is 0 Å². The Kier molecular flexibility index (Phi) is 4.97. The number of likely N-dealkylation sites (N-methyl/N-ethyl adjacent to an activating group) is 1. The monoisotopic (exact) mass is 256 g/mol. The molecule has 0 saturated carbocycles. The lowest BCUT2D eigenvalue weighted by atomic mass is 10.0. The van der Waals surface area contributed by atoms with E-state index in [2.05, 4.69) is 0 Å². The van der Waals surface area contributed by atoms with Crippen LogP contribution >= 0.6 is 0 Å². The van der Waals surface area contributed by atoms with Crippen molar-refractivity contribution in [2.45, 2.75) is 37.9 Å². The Morgan fingerprint density at radius 1 is 1.39 bits per heavy atom. The number of ether oxygens (including phenoxy) is 2. The number of carbonyl (C=O) groups is 1. The second kappa shape index (κ2) is 6.50. The molecule has 0 aromatic rings. The molecule has 3 unspecified atom stereocenters. The van der Waals surface area contributed by atoms with E-state index in [9.17, 15) is 4.79 Å². The summed E-state index contributed by atoms with van der Waals surface area (Å²) in [5, 5.41) is 0. The van der Waals surface area contributed by atoms with Gasteiger partial charge in [0.1, 0.15) is 6.10 Å². The minimum Gasteiger partial charge on any atom is -0.381 e. The Hall–Kier alpha value is -0.650. The maximum Gasteiger partial charge on any atom is 0.251 e. The predicted octanol–water partition coefficient (Wildman–Crippen LogP) is 0.378. The van der Waals surface area contributed by atoms with Gasteiger partial charge in [0.2, 0.25) is 0 Å². The van der Waals surface area contributed by atoms with Gasteiger partial charge in [-0.1, -0.05) is 0 Å². The van der Waals surface area contributed by atoms with Gasteiger partial charge in [-0.05, 0) is 31.6 Å². The second-order valence-electron chi connectivity index (χ2n) is 5.36. The Morgan fingerprint density at radius 3 is 2.83 bits per heavy atom. The van der Waals surface area contributed by atoms with Crippen molar-refractivity contribution in [2.24, 2.45) is 11.7 Å². The van der Waals surface area contributed by atoms with Gasteiger partial charge >= 0.3 is 0 Å². The fourth-order valence-electron chi connectivity index (χ4n) is 2.74. The lowest BCUT2D eigenvalue weighted by molar-refractivity contribution is -0.142. The molecule has 0 aliphatic carbocycles. The predicted molar refractivity (Wildman–Crippen MR) is 68.1 cm³/mol. The second-order valence-corrected chi connectivity index (χ2v) is 5.36. The Labute approximate surface area is 109 Å². The molecule has 0 radical (unpaired) electrons. The molecule has 2 fully saturated rings. The first-order valence-corrected chi connectivity index (χ1v) is 6.89. The van der Waals surface area contributed by atoms with Crippen LogP contribution in [0.2, 0.25) is 0 Å². The molecule has 0 aromatic heterocycles. The maximum absolute atomic E-state index is 12.2. The van der Waals surface area contributed by atoms with Crippen LogP contribution < -0.4 is 5.73 Å². The zero-order chi connectivity index (χ0) is 13.0. The van der Waals surface area contributed by atoms with Crippen LogP contribution in [0.25, 0.3) is 0 Å². The quantitative estimate of drug-likeness (QED) is 0.789. The SMILES string of the molecule is CN(CC1CCCOC1)C(=O)C1CCC(CN)O1. The third-order valence-electron chi connectivity index (χ3n) is 3.81. The van der Waals surface area contributed by atoms with Crippen LogP contribution in [0.1, 0.15) is 25.7 Å². The molecule has 0 aromatic carbocycles. The van der Waals surface area contributed by atoms with Gasteiger partial charge in [0.25, 0.3) is 5.91 Å². The van der Waals surface area contributed by atoms with Crippen LogP contribution in [-0.4, -0.2) is 56.4 Å². The standard InChI is InChI=1S/C13H24N2O3/c1-15(8-10-3-2-6-17-9-10)13(16)12-5-4-11(7-14)18-12/h10-12H,2-9,14H2,1H3. The van der Waals surface area contributed by atoms with E-state index in [4.69, 9.17) is 15.2 Å². The average Bonchev–Trinajstić information content (AvgIpc) is 2.87. The van der Waals surface area contributed by atoms with E-state index >= 15 is 0 Å². The van der Waals surface area contributed by atoms with Crippen LogP contribution in [0, 0.1) is 5.92 Å². The first-order chi connectivity index (χ1) is 8.70. The molecular weight excluding hydrogens is 232 g/mol. The van der Waals surface area contributed by atoms with Gasteiger partial charge in [-0.2, -0.15) is 0 Å². The fourth-order valence-corrected chi connectivity index (χ4v) is 2.74. The minimum absolute atomic E-state index is 0.0605. The number of rotatable bonds is 4. The highest BCUT2D eigenvalue weighted by Crippen LogP contribution is 2.21. The van der Waals surface area contributed by atoms with Gasteiger partial charge in [0.05, 0.1) is 12.7 Å². The molecule has 5 nitrogen and oxygen atoms in total. The molecule has 2 aliphatic rings. The van der Waals surface area contributed by atoms with E-state index < -0.39 is 0 Å². The fraction of sp³-hybridized carbons (Fsp3) is 0.923. The van der Waals surface area contributed by atoms with E-state index in [1.807, 2.05) is 7.05 Å². The molecule has 5 heteroatoms. The van der Waals surface area contributed by atoms with Crippen LogP contribution in [0.15, 0.2) is 0 Å². The lowest BCUT2D eigenvalue weighted by Crippen LogP contribution is -2.41. The number of hydrogen-bond donors (Lipinski definition) is 1. The molecule has 2 N–H and O–H groups in total.